The van der Waals surface area contributed by atoms with E-state index in [0.717, 1.165) is 27.8 Å². The maximum Gasteiger partial charge on any atom is 0.326 e. The zero-order valence-corrected chi connectivity index (χ0v) is 20.0. The lowest BCUT2D eigenvalue weighted by molar-refractivity contribution is -0.149. The zero-order chi connectivity index (χ0) is 23.4. The van der Waals surface area contributed by atoms with Gasteiger partial charge in [0.15, 0.2) is 5.75 Å². The van der Waals surface area contributed by atoms with Crippen LogP contribution in [-0.2, 0) is 20.9 Å². The summed E-state index contributed by atoms with van der Waals surface area (Å²) in [4.78, 5) is 37.6. The predicted octanol–water partition coefficient (Wildman–Crippen LogP) is 5.87. The van der Waals surface area contributed by atoms with Crippen LogP contribution in [0.3, 0.4) is 0 Å². The van der Waals surface area contributed by atoms with Crippen LogP contribution in [0.2, 0.25) is 10.0 Å². The molecule has 0 aromatic heterocycles. The molecule has 1 aliphatic heterocycles. The molecule has 1 heterocycles. The summed E-state index contributed by atoms with van der Waals surface area (Å²) in [6.45, 7) is 5.23. The van der Waals surface area contributed by atoms with Crippen LogP contribution >= 0.6 is 35.0 Å². The molecule has 3 rings (SSSR count). The Hall–Kier alpha value is -2.48. The summed E-state index contributed by atoms with van der Waals surface area (Å²) in [5.74, 6) is -0.894. The number of amides is 2. The molecule has 0 radical (unpaired) electrons. The Bertz CT molecular complexity index is 1080. The number of esters is 1. The Morgan fingerprint density at radius 2 is 1.84 bits per heavy atom. The van der Waals surface area contributed by atoms with Crippen molar-refractivity contribution in [1.82, 2.24) is 4.90 Å². The minimum atomic E-state index is -0.648. The Labute approximate surface area is 200 Å². The van der Waals surface area contributed by atoms with Gasteiger partial charge in [-0.3, -0.25) is 19.3 Å². The van der Waals surface area contributed by atoms with E-state index >= 15 is 0 Å². The molecule has 0 unspecified atom stereocenters. The summed E-state index contributed by atoms with van der Waals surface area (Å²) in [7, 11) is 0. The van der Waals surface area contributed by atoms with E-state index < -0.39 is 23.7 Å². The lowest BCUT2D eigenvalue weighted by atomic mass is 10.1. The highest BCUT2D eigenvalue weighted by Gasteiger charge is 2.36. The lowest BCUT2D eigenvalue weighted by Crippen LogP contribution is -2.35. The molecule has 0 atom stereocenters. The molecule has 2 aromatic carbocycles. The second kappa shape index (κ2) is 10.4. The van der Waals surface area contributed by atoms with Crippen LogP contribution in [0, 0.1) is 6.92 Å². The topological polar surface area (TPSA) is 72.9 Å². The van der Waals surface area contributed by atoms with Crippen LogP contribution in [0.5, 0.6) is 5.75 Å². The van der Waals surface area contributed by atoms with E-state index in [2.05, 4.69) is 0 Å². The fourth-order valence-electron chi connectivity index (χ4n) is 2.98. The molecule has 168 valence electrons. The molecule has 0 aliphatic carbocycles. The number of hydrogen-bond donors (Lipinski definition) is 0. The molecular formula is C23H21Cl2NO5S. The molecule has 0 spiro atoms. The molecular weight excluding hydrogens is 473 g/mol. The van der Waals surface area contributed by atoms with E-state index in [-0.39, 0.29) is 21.1 Å². The van der Waals surface area contributed by atoms with Crippen molar-refractivity contribution in [1.29, 1.82) is 0 Å². The number of halogens is 2. The maximum absolute atomic E-state index is 12.6. The van der Waals surface area contributed by atoms with Gasteiger partial charge in [0.05, 0.1) is 21.1 Å². The summed E-state index contributed by atoms with van der Waals surface area (Å²) in [5.41, 5.74) is 2.62. The van der Waals surface area contributed by atoms with Gasteiger partial charge < -0.3 is 9.47 Å². The van der Waals surface area contributed by atoms with Gasteiger partial charge in [-0.05, 0) is 61.9 Å². The van der Waals surface area contributed by atoms with Crippen molar-refractivity contribution in [2.45, 2.75) is 33.5 Å². The first kappa shape index (κ1) is 24.2. The minimum Gasteiger partial charge on any atom is -0.486 e. The molecule has 32 heavy (non-hydrogen) atoms. The number of benzene rings is 2. The van der Waals surface area contributed by atoms with E-state index in [4.69, 9.17) is 32.7 Å². The number of ether oxygens (including phenoxy) is 2. The molecule has 1 fully saturated rings. The number of carbonyl (C=O) groups excluding carboxylic acids is 3. The number of rotatable bonds is 7. The van der Waals surface area contributed by atoms with Crippen LogP contribution in [0.15, 0.2) is 41.3 Å². The second-order valence-corrected chi connectivity index (χ2v) is 9.21. The van der Waals surface area contributed by atoms with Crippen LogP contribution in [0.25, 0.3) is 6.08 Å². The monoisotopic (exact) mass is 493 g/mol. The lowest BCUT2D eigenvalue weighted by Gasteiger charge is -2.13. The van der Waals surface area contributed by atoms with Gasteiger partial charge in [0, 0.05) is 0 Å². The zero-order valence-electron chi connectivity index (χ0n) is 17.7. The summed E-state index contributed by atoms with van der Waals surface area (Å²) >= 11 is 13.5. The average Bonchev–Trinajstić information content (AvgIpc) is 2.94. The fraction of sp³-hybridized carbons (Fsp3) is 0.261. The Kier molecular flexibility index (Phi) is 7.87. The standard InChI is InChI=1S/C23H21Cl2NO5S/c1-13(2)31-20(27)11-26-22(28)19(32-23(26)29)10-16-8-17(24)21(18(25)9-16)30-12-15-6-4-5-14(3)7-15/h4-10,13H,11-12H2,1-3H3/b19-10-. The van der Waals surface area contributed by atoms with Crippen molar-refractivity contribution in [2.75, 3.05) is 6.54 Å². The van der Waals surface area contributed by atoms with Crippen LogP contribution < -0.4 is 4.74 Å². The largest absolute Gasteiger partial charge is 0.486 e. The Morgan fingerprint density at radius 3 is 2.47 bits per heavy atom. The number of nitrogens with zero attached hydrogens (tertiary/aromatic N) is 1. The van der Waals surface area contributed by atoms with Crippen molar-refractivity contribution in [3.63, 3.8) is 0 Å². The minimum absolute atomic E-state index is 0.160. The van der Waals surface area contributed by atoms with Crippen molar-refractivity contribution in [3.05, 3.63) is 68.0 Å². The molecule has 2 aromatic rings. The molecule has 1 aliphatic rings. The van der Waals surface area contributed by atoms with Crippen LogP contribution in [-0.4, -0.2) is 34.7 Å². The summed E-state index contributed by atoms with van der Waals surface area (Å²) < 4.78 is 10.8. The Balaban J connectivity index is 1.73. The first-order valence-corrected chi connectivity index (χ1v) is 11.3. The summed E-state index contributed by atoms with van der Waals surface area (Å²) in [6, 6.07) is 11.1. The van der Waals surface area contributed by atoms with E-state index in [1.165, 1.54) is 6.08 Å². The average molecular weight is 494 g/mol. The van der Waals surface area contributed by atoms with Gasteiger partial charge >= 0.3 is 5.97 Å². The van der Waals surface area contributed by atoms with Crippen LogP contribution in [0.1, 0.15) is 30.5 Å². The molecule has 9 heteroatoms. The van der Waals surface area contributed by atoms with Crippen LogP contribution in [0.4, 0.5) is 4.79 Å². The number of hydrogen-bond acceptors (Lipinski definition) is 6. The number of thioether (sulfide) groups is 1. The van der Waals surface area contributed by atoms with Crippen molar-refractivity contribution >= 4 is 58.2 Å². The molecule has 0 bridgehead atoms. The third-order valence-corrected chi connectivity index (χ3v) is 5.78. The van der Waals surface area contributed by atoms with E-state index in [9.17, 15) is 14.4 Å². The number of imide groups is 1. The Morgan fingerprint density at radius 1 is 1.16 bits per heavy atom. The van der Waals surface area contributed by atoms with Gasteiger partial charge in [-0.2, -0.15) is 0 Å². The predicted molar refractivity (Wildman–Crippen MR) is 126 cm³/mol. The molecule has 0 saturated carbocycles. The highest BCUT2D eigenvalue weighted by molar-refractivity contribution is 8.18. The normalized spacial score (nSPS) is 15.1. The third-order valence-electron chi connectivity index (χ3n) is 4.31. The third kappa shape index (κ3) is 6.06. The molecule has 2 amide bonds. The maximum atomic E-state index is 12.6. The van der Waals surface area contributed by atoms with Crippen molar-refractivity contribution in [3.8, 4) is 5.75 Å². The first-order valence-electron chi connectivity index (χ1n) is 9.76. The SMILES string of the molecule is Cc1cccc(COc2c(Cl)cc(/C=C3\SC(=O)N(CC(=O)OC(C)C)C3=O)cc2Cl)c1. The second-order valence-electron chi connectivity index (χ2n) is 7.40. The quantitative estimate of drug-likeness (QED) is 0.354. The van der Waals surface area contributed by atoms with Gasteiger partial charge in [0.25, 0.3) is 11.1 Å². The first-order chi connectivity index (χ1) is 15.1. The van der Waals surface area contributed by atoms with Gasteiger partial charge in [-0.15, -0.1) is 0 Å². The summed E-state index contributed by atoms with van der Waals surface area (Å²) in [6.07, 6.45) is 1.16. The van der Waals surface area contributed by atoms with Crippen molar-refractivity contribution < 1.29 is 23.9 Å². The molecule has 6 nitrogen and oxygen atoms in total. The number of carbonyl (C=O) groups is 3. The van der Waals surface area contributed by atoms with E-state index in [0.29, 0.717) is 17.9 Å². The van der Waals surface area contributed by atoms with Gasteiger partial charge in [-0.25, -0.2) is 0 Å². The van der Waals surface area contributed by atoms with Crippen molar-refractivity contribution in [2.24, 2.45) is 0 Å². The van der Waals surface area contributed by atoms with Gasteiger partial charge in [0.2, 0.25) is 0 Å². The smallest absolute Gasteiger partial charge is 0.326 e. The highest BCUT2D eigenvalue weighted by atomic mass is 35.5. The van der Waals surface area contributed by atoms with E-state index in [1.54, 1.807) is 26.0 Å². The fourth-order valence-corrected chi connectivity index (χ4v) is 4.43. The number of aryl methyl sites for hydroxylation is 1. The summed E-state index contributed by atoms with van der Waals surface area (Å²) in [5, 5.41) is 0.00421. The molecule has 1 saturated heterocycles. The van der Waals surface area contributed by atoms with Gasteiger partial charge in [-0.1, -0.05) is 53.0 Å². The molecule has 0 N–H and O–H groups in total. The van der Waals surface area contributed by atoms with Gasteiger partial charge in [0.1, 0.15) is 13.2 Å². The highest BCUT2D eigenvalue weighted by Crippen LogP contribution is 2.37. The van der Waals surface area contributed by atoms with E-state index in [1.807, 2.05) is 31.2 Å².